The zero-order valence-electron chi connectivity index (χ0n) is 20.5. The van der Waals surface area contributed by atoms with Gasteiger partial charge in [0, 0.05) is 13.1 Å². The molecule has 0 radical (unpaired) electrons. The van der Waals surface area contributed by atoms with E-state index in [1.807, 2.05) is 17.0 Å². The van der Waals surface area contributed by atoms with Crippen LogP contribution in [0.2, 0.25) is 0 Å². The van der Waals surface area contributed by atoms with Crippen LogP contribution in [0.5, 0.6) is 6.01 Å². The Bertz CT molecular complexity index is 1050. The third-order valence-corrected chi connectivity index (χ3v) is 6.42. The van der Waals surface area contributed by atoms with Crippen LogP contribution in [0.25, 0.3) is 0 Å². The van der Waals surface area contributed by atoms with Crippen molar-refractivity contribution in [1.29, 1.82) is 0 Å². The highest BCUT2D eigenvalue weighted by Crippen LogP contribution is 2.34. The van der Waals surface area contributed by atoms with Crippen molar-refractivity contribution in [3.8, 4) is 6.01 Å². The molecule has 0 aliphatic carbocycles. The molecule has 0 bridgehead atoms. The summed E-state index contributed by atoms with van der Waals surface area (Å²) in [5, 5.41) is 2.79. The lowest BCUT2D eigenvalue weighted by molar-refractivity contribution is -0.147. The van der Waals surface area contributed by atoms with Crippen LogP contribution in [0, 0.1) is 5.92 Å². The number of carbonyl (C=O) groups excluding carboxylic acids is 2. The van der Waals surface area contributed by atoms with Gasteiger partial charge in [0.25, 0.3) is 0 Å². The van der Waals surface area contributed by atoms with Crippen molar-refractivity contribution in [3.05, 3.63) is 35.4 Å². The van der Waals surface area contributed by atoms with Gasteiger partial charge in [-0.2, -0.15) is 9.97 Å². The number of unbranched alkanes of at least 4 members (excludes halogenated alkanes) is 1. The molecule has 4 rings (SSSR count). The summed E-state index contributed by atoms with van der Waals surface area (Å²) >= 11 is 0. The van der Waals surface area contributed by atoms with Crippen LogP contribution < -0.4 is 20.7 Å². The molecular weight excluding hydrogens is 448 g/mol. The lowest BCUT2D eigenvalue weighted by atomic mass is 9.96. The van der Waals surface area contributed by atoms with Crippen LogP contribution in [0.15, 0.2) is 24.3 Å². The number of likely N-dealkylation sites (tertiary alicyclic amines) is 1. The zero-order chi connectivity index (χ0) is 24.8. The first kappa shape index (κ1) is 24.7. The number of rotatable bonds is 9. The van der Waals surface area contributed by atoms with Crippen LogP contribution >= 0.6 is 0 Å². The van der Waals surface area contributed by atoms with Gasteiger partial charge in [-0.25, -0.2) is 0 Å². The number of ether oxygens (including phenoxy) is 2. The number of amides is 1. The summed E-state index contributed by atoms with van der Waals surface area (Å²) in [4.78, 5) is 37.2. The molecule has 1 aromatic heterocycles. The van der Waals surface area contributed by atoms with E-state index in [2.05, 4.69) is 39.2 Å². The van der Waals surface area contributed by atoms with Crippen LogP contribution in [0.4, 0.5) is 17.3 Å². The smallest absolute Gasteiger partial charge is 0.320 e. The molecule has 1 aromatic carbocycles. The van der Waals surface area contributed by atoms with E-state index in [-0.39, 0.29) is 36.2 Å². The Kier molecular flexibility index (Phi) is 8.02. The Hall–Kier alpha value is -3.40. The van der Waals surface area contributed by atoms with Crippen LogP contribution in [0.1, 0.15) is 43.7 Å². The molecule has 1 saturated heterocycles. The maximum absolute atomic E-state index is 12.4. The van der Waals surface area contributed by atoms with Crippen molar-refractivity contribution in [3.63, 3.8) is 0 Å². The summed E-state index contributed by atoms with van der Waals surface area (Å²) in [6.45, 7) is 5.80. The third-order valence-electron chi connectivity index (χ3n) is 6.42. The van der Waals surface area contributed by atoms with Crippen molar-refractivity contribution < 1.29 is 19.1 Å². The van der Waals surface area contributed by atoms with Gasteiger partial charge < -0.3 is 25.4 Å². The van der Waals surface area contributed by atoms with Crippen LogP contribution in [0.3, 0.4) is 0 Å². The average molecular weight is 483 g/mol. The van der Waals surface area contributed by atoms with Crippen LogP contribution in [-0.2, 0) is 27.4 Å². The quantitative estimate of drug-likeness (QED) is 0.410. The number of nitrogens with zero attached hydrogens (tertiary/aromatic N) is 4. The highest BCUT2D eigenvalue weighted by Gasteiger charge is 2.28. The highest BCUT2D eigenvalue weighted by atomic mass is 16.5. The number of fused-ring (bicyclic) bond motifs is 1. The minimum atomic E-state index is -0.155. The number of carbonyl (C=O) groups is 2. The van der Waals surface area contributed by atoms with Gasteiger partial charge in [-0.15, -0.1) is 0 Å². The maximum atomic E-state index is 12.4. The second-order valence-electron chi connectivity index (χ2n) is 9.09. The number of anilines is 3. The lowest BCUT2D eigenvalue weighted by Gasteiger charge is -2.31. The molecule has 10 heteroatoms. The average Bonchev–Trinajstić information content (AvgIpc) is 2.85. The van der Waals surface area contributed by atoms with Gasteiger partial charge in [0.05, 0.1) is 26.2 Å². The Morgan fingerprint density at radius 3 is 2.66 bits per heavy atom. The van der Waals surface area contributed by atoms with Crippen LogP contribution in [-0.4, -0.2) is 60.1 Å². The SMILES string of the molecule is CCCCOc1nc(N)c2c(n1)N(Cc1cccc(CN3CCC(C(=O)OC)CC3)c1)CC(=O)N2. The molecular formula is C25H34N6O4. The van der Waals surface area contributed by atoms with Crippen molar-refractivity contribution in [2.45, 2.75) is 45.7 Å². The number of nitrogens with two attached hydrogens (primary N) is 1. The first-order valence-electron chi connectivity index (χ1n) is 12.2. The fourth-order valence-corrected chi connectivity index (χ4v) is 4.52. The number of nitrogens with one attached hydrogen (secondary N) is 1. The molecule has 35 heavy (non-hydrogen) atoms. The predicted octanol–water partition coefficient (Wildman–Crippen LogP) is 2.58. The third kappa shape index (κ3) is 6.19. The number of benzene rings is 1. The number of piperidine rings is 1. The zero-order valence-corrected chi connectivity index (χ0v) is 20.5. The summed E-state index contributed by atoms with van der Waals surface area (Å²) in [5.41, 5.74) is 8.80. The Morgan fingerprint density at radius 2 is 1.94 bits per heavy atom. The molecule has 10 nitrogen and oxygen atoms in total. The summed E-state index contributed by atoms with van der Waals surface area (Å²) in [6.07, 6.45) is 3.53. The first-order valence-corrected chi connectivity index (χ1v) is 12.2. The van der Waals surface area contributed by atoms with Gasteiger partial charge in [-0.1, -0.05) is 37.6 Å². The molecule has 1 amide bonds. The maximum Gasteiger partial charge on any atom is 0.320 e. The molecule has 3 heterocycles. The lowest BCUT2D eigenvalue weighted by Crippen LogP contribution is -2.39. The van der Waals surface area contributed by atoms with Gasteiger partial charge in [-0.3, -0.25) is 14.5 Å². The summed E-state index contributed by atoms with van der Waals surface area (Å²) in [5.74, 6) is 0.499. The molecule has 2 aromatic rings. The molecule has 3 N–H and O–H groups in total. The molecule has 0 unspecified atom stereocenters. The van der Waals surface area contributed by atoms with E-state index in [1.165, 1.54) is 12.7 Å². The summed E-state index contributed by atoms with van der Waals surface area (Å²) in [7, 11) is 1.45. The Labute approximate surface area is 205 Å². The second kappa shape index (κ2) is 11.4. The van der Waals surface area contributed by atoms with Gasteiger partial charge in [0.15, 0.2) is 11.6 Å². The van der Waals surface area contributed by atoms with E-state index in [0.717, 1.165) is 50.9 Å². The van der Waals surface area contributed by atoms with E-state index < -0.39 is 0 Å². The highest BCUT2D eigenvalue weighted by molar-refractivity contribution is 6.03. The van der Waals surface area contributed by atoms with E-state index >= 15 is 0 Å². The fourth-order valence-electron chi connectivity index (χ4n) is 4.52. The summed E-state index contributed by atoms with van der Waals surface area (Å²) in [6, 6.07) is 8.56. The van der Waals surface area contributed by atoms with Gasteiger partial charge in [0.2, 0.25) is 5.91 Å². The number of hydrogen-bond donors (Lipinski definition) is 2. The first-order chi connectivity index (χ1) is 17.0. The predicted molar refractivity (Wildman–Crippen MR) is 133 cm³/mol. The van der Waals surface area contributed by atoms with Crippen molar-refractivity contribution >= 4 is 29.2 Å². The van der Waals surface area contributed by atoms with Gasteiger partial charge >= 0.3 is 12.0 Å². The number of aromatic nitrogens is 2. The number of nitrogen functional groups attached to an aromatic ring is 1. The number of hydrogen-bond acceptors (Lipinski definition) is 9. The Morgan fingerprint density at radius 1 is 1.20 bits per heavy atom. The largest absolute Gasteiger partial charge is 0.469 e. The summed E-state index contributed by atoms with van der Waals surface area (Å²) < 4.78 is 10.6. The van der Waals surface area contributed by atoms with E-state index in [1.54, 1.807) is 0 Å². The van der Waals surface area contributed by atoms with Crippen molar-refractivity contribution in [2.24, 2.45) is 5.92 Å². The molecule has 1 fully saturated rings. The standard InChI is InChI=1S/C25H34N6O4/c1-3-4-12-35-25-28-22(26)21-23(29-25)31(16-20(32)27-21)15-18-7-5-6-17(13-18)14-30-10-8-19(9-11-30)24(33)34-2/h5-7,13,19H,3-4,8-12,14-16H2,1-2H3,(H,27,32)(H2,26,28,29). The minimum absolute atomic E-state index is 0.00169. The topological polar surface area (TPSA) is 123 Å². The molecule has 2 aliphatic heterocycles. The molecule has 0 atom stereocenters. The number of methoxy groups -OCH3 is 1. The number of esters is 1. The monoisotopic (exact) mass is 482 g/mol. The van der Waals surface area contributed by atoms with Gasteiger partial charge in [0.1, 0.15) is 5.69 Å². The van der Waals surface area contributed by atoms with Crippen molar-refractivity contribution in [2.75, 3.05) is 49.3 Å². The van der Waals surface area contributed by atoms with E-state index in [4.69, 9.17) is 15.2 Å². The second-order valence-corrected chi connectivity index (χ2v) is 9.09. The molecule has 0 spiro atoms. The van der Waals surface area contributed by atoms with E-state index in [0.29, 0.717) is 24.7 Å². The molecule has 0 saturated carbocycles. The minimum Gasteiger partial charge on any atom is -0.469 e. The van der Waals surface area contributed by atoms with Gasteiger partial charge in [-0.05, 0) is 43.5 Å². The van der Waals surface area contributed by atoms with Crippen molar-refractivity contribution in [1.82, 2.24) is 14.9 Å². The molecule has 2 aliphatic rings. The molecule has 188 valence electrons. The van der Waals surface area contributed by atoms with E-state index in [9.17, 15) is 9.59 Å². The normalized spacial score (nSPS) is 16.5. The fraction of sp³-hybridized carbons (Fsp3) is 0.520. The Balaban J connectivity index is 1.45.